The van der Waals surface area contributed by atoms with Gasteiger partial charge in [-0.2, -0.15) is 0 Å². The molecule has 0 saturated heterocycles. The summed E-state index contributed by atoms with van der Waals surface area (Å²) in [5.41, 5.74) is 9.78. The summed E-state index contributed by atoms with van der Waals surface area (Å²) in [5, 5.41) is 3.32. The standard InChI is InChI=1S/C26H18N3O.C18H24NSi.Ir/c1-16-12-14-20(24-23(16)19-10-6-7-11-22(19)30-24)25-28-21-15-13-17(2)27-26(21)29(25)18-8-4-3-5-9-18;1-14(2)11-16-12-17(15-9-7-6-8-10-15)19-13-18(16)20(3,4)5;/h3-13,15H,1-2H3;6-9,12-14H,11H2,1-5H3;/q2*-1;/i;11D2;. The van der Waals surface area contributed by atoms with E-state index in [4.69, 9.17) is 17.1 Å². The first-order chi connectivity index (χ1) is 24.8. The van der Waals surface area contributed by atoms with Gasteiger partial charge in [0.2, 0.25) is 0 Å². The molecular weight excluding hydrogens is 821 g/mol. The van der Waals surface area contributed by atoms with E-state index >= 15 is 0 Å². The van der Waals surface area contributed by atoms with Crippen LogP contribution in [0.2, 0.25) is 19.6 Å². The molecule has 0 N–H and O–H groups in total. The number of nitrogens with zero attached hydrogens (tertiary/aromatic N) is 4. The topological polar surface area (TPSA) is 56.7 Å². The number of aryl methyl sites for hydroxylation is 2. The Morgan fingerprint density at radius 3 is 2.35 bits per heavy atom. The SMILES string of the molecule is Cc1ccc2nc(-c3[c-]cc(C)c4c3oc3ccccc34)n(-c3ccccc3)c2n1.[2H]C([2H])(c1cc(-c2[c-]cccc2)ncc1[Si](C)(C)C)C(C)C.[Ir]. The minimum atomic E-state index is -1.67. The molecule has 0 unspecified atom stereocenters. The van der Waals surface area contributed by atoms with E-state index in [9.17, 15) is 0 Å². The second kappa shape index (κ2) is 14.9. The van der Waals surface area contributed by atoms with E-state index < -0.39 is 14.4 Å². The summed E-state index contributed by atoms with van der Waals surface area (Å²) in [6.45, 7) is 14.7. The van der Waals surface area contributed by atoms with Gasteiger partial charge in [0.1, 0.15) is 5.58 Å². The van der Waals surface area contributed by atoms with Crippen molar-refractivity contribution < 1.29 is 27.3 Å². The van der Waals surface area contributed by atoms with Gasteiger partial charge in [-0.05, 0) is 60.4 Å². The van der Waals surface area contributed by atoms with Crippen LogP contribution in [0.15, 0.2) is 114 Å². The maximum absolute atomic E-state index is 8.55. The van der Waals surface area contributed by atoms with Crippen LogP contribution in [0, 0.1) is 31.9 Å². The van der Waals surface area contributed by atoms with Gasteiger partial charge in [-0.3, -0.25) is 4.98 Å². The molecular formula is C44H42IrN4OSi-2. The van der Waals surface area contributed by atoms with Crippen molar-refractivity contribution in [2.45, 2.75) is 53.7 Å². The van der Waals surface area contributed by atoms with Crippen LogP contribution in [-0.2, 0) is 26.5 Å². The first-order valence-corrected chi connectivity index (χ1v) is 20.6. The monoisotopic (exact) mass is 865 g/mol. The second-order valence-corrected chi connectivity index (χ2v) is 19.0. The van der Waals surface area contributed by atoms with Crippen molar-refractivity contribution in [2.75, 3.05) is 0 Å². The van der Waals surface area contributed by atoms with Crippen molar-refractivity contribution in [2.24, 2.45) is 5.92 Å². The predicted octanol–water partition coefficient (Wildman–Crippen LogP) is 10.7. The van der Waals surface area contributed by atoms with Crippen LogP contribution >= 0.6 is 0 Å². The zero-order valence-electron chi connectivity index (χ0n) is 32.0. The number of benzene rings is 4. The number of aromatic nitrogens is 4. The van der Waals surface area contributed by atoms with Crippen LogP contribution < -0.4 is 5.19 Å². The Morgan fingerprint density at radius 1 is 0.882 bits per heavy atom. The fourth-order valence-electron chi connectivity index (χ4n) is 6.32. The Hall–Kier alpha value is -4.68. The van der Waals surface area contributed by atoms with Gasteiger partial charge < -0.3 is 14.0 Å². The molecule has 0 saturated carbocycles. The molecule has 0 amide bonds. The van der Waals surface area contributed by atoms with Gasteiger partial charge in [0.15, 0.2) is 5.65 Å². The molecule has 51 heavy (non-hydrogen) atoms. The average molecular weight is 865 g/mol. The summed E-state index contributed by atoms with van der Waals surface area (Å²) in [6.07, 6.45) is 0.528. The smallest absolute Gasteiger partial charge is 0.155 e. The molecule has 5 nitrogen and oxygen atoms in total. The first kappa shape index (κ1) is 33.5. The van der Waals surface area contributed by atoms with E-state index in [0.29, 0.717) is 0 Å². The predicted molar refractivity (Wildman–Crippen MR) is 210 cm³/mol. The fraction of sp³-hybridized carbons (Fsp3) is 0.205. The van der Waals surface area contributed by atoms with E-state index in [2.05, 4.69) is 66.4 Å². The average Bonchev–Trinajstić information content (AvgIpc) is 3.71. The van der Waals surface area contributed by atoms with E-state index in [1.165, 1.54) is 0 Å². The van der Waals surface area contributed by atoms with E-state index in [1.807, 2.05) is 112 Å². The molecule has 0 fully saturated rings. The van der Waals surface area contributed by atoms with Gasteiger partial charge >= 0.3 is 0 Å². The number of para-hydroxylation sites is 2. The summed E-state index contributed by atoms with van der Waals surface area (Å²) in [6, 6.07) is 40.6. The van der Waals surface area contributed by atoms with E-state index in [0.717, 1.165) is 83.4 Å². The third-order valence-electron chi connectivity index (χ3n) is 8.67. The van der Waals surface area contributed by atoms with Crippen LogP contribution in [0.1, 0.15) is 33.4 Å². The van der Waals surface area contributed by atoms with Gasteiger partial charge in [-0.25, -0.2) is 4.98 Å². The van der Waals surface area contributed by atoms with Gasteiger partial charge in [0.05, 0.1) is 25.0 Å². The van der Waals surface area contributed by atoms with E-state index in [1.54, 1.807) is 0 Å². The Labute approximate surface area is 318 Å². The number of hydrogen-bond donors (Lipinski definition) is 0. The van der Waals surface area contributed by atoms with Crippen molar-refractivity contribution in [1.29, 1.82) is 0 Å². The molecule has 8 aromatic rings. The Kier molecular flexibility index (Phi) is 9.77. The molecule has 0 bridgehead atoms. The quantitative estimate of drug-likeness (QED) is 0.123. The summed E-state index contributed by atoms with van der Waals surface area (Å²) >= 11 is 0. The molecule has 0 spiro atoms. The number of hydrogen-bond acceptors (Lipinski definition) is 4. The molecule has 0 aliphatic rings. The minimum Gasteiger partial charge on any atom is -0.501 e. The molecule has 4 aromatic heterocycles. The zero-order valence-corrected chi connectivity index (χ0v) is 33.4. The molecule has 259 valence electrons. The van der Waals surface area contributed by atoms with Crippen molar-refractivity contribution in [1.82, 2.24) is 19.5 Å². The number of pyridine rings is 2. The number of fused-ring (bicyclic) bond motifs is 4. The van der Waals surface area contributed by atoms with Gasteiger partial charge in [-0.15, -0.1) is 53.6 Å². The number of imidazole rings is 1. The van der Waals surface area contributed by atoms with Crippen LogP contribution in [0.3, 0.4) is 0 Å². The maximum Gasteiger partial charge on any atom is 0.155 e. The van der Waals surface area contributed by atoms with Gasteiger partial charge in [-0.1, -0.05) is 99.4 Å². The van der Waals surface area contributed by atoms with Gasteiger partial charge in [0.25, 0.3) is 0 Å². The van der Waals surface area contributed by atoms with Crippen molar-refractivity contribution in [3.8, 4) is 28.3 Å². The largest absolute Gasteiger partial charge is 0.501 e. The Bertz CT molecular complexity index is 2540. The minimum absolute atomic E-state index is 0. The molecule has 0 aliphatic heterocycles. The molecule has 4 aromatic carbocycles. The van der Waals surface area contributed by atoms with Crippen molar-refractivity contribution in [3.63, 3.8) is 0 Å². The molecule has 1 radical (unpaired) electrons. The first-order valence-electron chi connectivity index (χ1n) is 18.1. The van der Waals surface area contributed by atoms with Crippen molar-refractivity contribution >= 4 is 46.4 Å². The zero-order chi connectivity index (χ0) is 36.8. The molecule has 4 heterocycles. The molecule has 0 aliphatic carbocycles. The Morgan fingerprint density at radius 2 is 1.63 bits per heavy atom. The molecule has 7 heteroatoms. The van der Waals surface area contributed by atoms with Crippen LogP contribution in [0.4, 0.5) is 0 Å². The molecule has 8 rings (SSSR count). The maximum atomic E-state index is 8.55. The summed E-state index contributed by atoms with van der Waals surface area (Å²) in [7, 11) is -1.67. The summed E-state index contributed by atoms with van der Waals surface area (Å²) in [4.78, 5) is 14.3. The Balaban J connectivity index is 0.000000188. The number of rotatable bonds is 6. The van der Waals surface area contributed by atoms with Crippen molar-refractivity contribution in [3.05, 3.63) is 138 Å². The summed E-state index contributed by atoms with van der Waals surface area (Å²) in [5.74, 6) is 0.691. The molecule has 0 atom stereocenters. The summed E-state index contributed by atoms with van der Waals surface area (Å²) < 4.78 is 25.5. The second-order valence-electron chi connectivity index (χ2n) is 14.0. The third-order valence-corrected chi connectivity index (χ3v) is 10.7. The normalized spacial score (nSPS) is 12.4. The van der Waals surface area contributed by atoms with Crippen LogP contribution in [-0.4, -0.2) is 27.6 Å². The number of furan rings is 1. The third kappa shape index (κ3) is 7.38. The fourth-order valence-corrected chi connectivity index (χ4v) is 7.73. The van der Waals surface area contributed by atoms with E-state index in [-0.39, 0.29) is 26.0 Å². The van der Waals surface area contributed by atoms with Crippen LogP contribution in [0.25, 0.3) is 61.4 Å². The van der Waals surface area contributed by atoms with Gasteiger partial charge in [0, 0.05) is 45.8 Å². The van der Waals surface area contributed by atoms with Crippen LogP contribution in [0.5, 0.6) is 0 Å².